The number of aliphatic hydroxyl groups is 1. The number of hydrogen-bond acceptors (Lipinski definition) is 3. The molecule has 2 atom stereocenters. The predicted molar refractivity (Wildman–Crippen MR) is 64.9 cm³/mol. The molecule has 1 fully saturated rings. The lowest BCUT2D eigenvalue weighted by Gasteiger charge is -2.17. The van der Waals surface area contributed by atoms with Crippen molar-refractivity contribution >= 4 is 5.69 Å². The second-order valence-electron chi connectivity index (χ2n) is 4.21. The van der Waals surface area contributed by atoms with Crippen LogP contribution >= 0.6 is 0 Å². The number of anilines is 1. The van der Waals surface area contributed by atoms with Crippen molar-refractivity contribution in [1.29, 1.82) is 0 Å². The molecule has 1 aliphatic rings. The van der Waals surface area contributed by atoms with E-state index in [0.717, 1.165) is 30.7 Å². The SMILES string of the molecule is CCOc1ccc(N[C@H]2CCC[C@@H]2O)cc1. The molecule has 0 unspecified atom stereocenters. The van der Waals surface area contributed by atoms with Crippen molar-refractivity contribution in [3.05, 3.63) is 24.3 Å². The van der Waals surface area contributed by atoms with Gasteiger partial charge in [0.15, 0.2) is 0 Å². The van der Waals surface area contributed by atoms with E-state index in [1.807, 2.05) is 31.2 Å². The average molecular weight is 221 g/mol. The molecule has 2 N–H and O–H groups in total. The lowest BCUT2D eigenvalue weighted by Crippen LogP contribution is -2.27. The second-order valence-corrected chi connectivity index (χ2v) is 4.21. The van der Waals surface area contributed by atoms with Crippen LogP contribution in [0.1, 0.15) is 26.2 Å². The molecule has 16 heavy (non-hydrogen) atoms. The minimum Gasteiger partial charge on any atom is -0.494 e. The van der Waals surface area contributed by atoms with Crippen LogP contribution in [0.2, 0.25) is 0 Å². The Morgan fingerprint density at radius 2 is 2.06 bits per heavy atom. The van der Waals surface area contributed by atoms with Crippen molar-refractivity contribution in [2.24, 2.45) is 0 Å². The number of hydrogen-bond donors (Lipinski definition) is 2. The first-order chi connectivity index (χ1) is 7.79. The zero-order valence-corrected chi connectivity index (χ0v) is 9.65. The molecule has 1 aliphatic carbocycles. The summed E-state index contributed by atoms with van der Waals surface area (Å²) in [5, 5.41) is 13.1. The van der Waals surface area contributed by atoms with Crippen LogP contribution in [0.15, 0.2) is 24.3 Å². The quantitative estimate of drug-likeness (QED) is 0.820. The summed E-state index contributed by atoms with van der Waals surface area (Å²) < 4.78 is 5.37. The number of benzene rings is 1. The Bertz CT molecular complexity index is 323. The molecule has 1 aromatic carbocycles. The number of rotatable bonds is 4. The van der Waals surface area contributed by atoms with E-state index in [0.29, 0.717) is 6.61 Å². The summed E-state index contributed by atoms with van der Waals surface area (Å²) in [5.74, 6) is 0.889. The van der Waals surface area contributed by atoms with E-state index in [1.54, 1.807) is 0 Å². The summed E-state index contributed by atoms with van der Waals surface area (Å²) in [4.78, 5) is 0. The van der Waals surface area contributed by atoms with Gasteiger partial charge in [-0.05, 0) is 50.5 Å². The molecule has 3 nitrogen and oxygen atoms in total. The lowest BCUT2D eigenvalue weighted by atomic mass is 10.2. The van der Waals surface area contributed by atoms with Crippen LogP contribution in [-0.2, 0) is 0 Å². The van der Waals surface area contributed by atoms with Crippen LogP contribution in [0, 0.1) is 0 Å². The van der Waals surface area contributed by atoms with Crippen LogP contribution in [0.5, 0.6) is 5.75 Å². The van der Waals surface area contributed by atoms with Gasteiger partial charge in [0.1, 0.15) is 5.75 Å². The van der Waals surface area contributed by atoms with Gasteiger partial charge in [-0.1, -0.05) is 0 Å². The van der Waals surface area contributed by atoms with Gasteiger partial charge in [0.25, 0.3) is 0 Å². The fourth-order valence-corrected chi connectivity index (χ4v) is 2.14. The summed E-state index contributed by atoms with van der Waals surface area (Å²) in [5.41, 5.74) is 1.05. The van der Waals surface area contributed by atoms with Gasteiger partial charge in [0.05, 0.1) is 18.8 Å². The third-order valence-corrected chi connectivity index (χ3v) is 3.00. The molecule has 0 spiro atoms. The van der Waals surface area contributed by atoms with Gasteiger partial charge in [-0.25, -0.2) is 0 Å². The number of ether oxygens (including phenoxy) is 1. The minimum atomic E-state index is -0.202. The van der Waals surface area contributed by atoms with E-state index in [1.165, 1.54) is 0 Å². The topological polar surface area (TPSA) is 41.5 Å². The Hall–Kier alpha value is -1.22. The Kier molecular flexibility index (Phi) is 3.67. The zero-order chi connectivity index (χ0) is 11.4. The Labute approximate surface area is 96.4 Å². The van der Waals surface area contributed by atoms with Crippen LogP contribution in [0.4, 0.5) is 5.69 Å². The maximum Gasteiger partial charge on any atom is 0.119 e. The van der Waals surface area contributed by atoms with Gasteiger partial charge in [0.2, 0.25) is 0 Å². The molecule has 3 heteroatoms. The summed E-state index contributed by atoms with van der Waals surface area (Å²) in [6.45, 7) is 2.66. The van der Waals surface area contributed by atoms with Crippen molar-refractivity contribution < 1.29 is 9.84 Å². The molecule has 88 valence electrons. The van der Waals surface area contributed by atoms with Crippen LogP contribution in [0.25, 0.3) is 0 Å². The Balaban J connectivity index is 1.94. The largest absolute Gasteiger partial charge is 0.494 e. The second kappa shape index (κ2) is 5.21. The fourth-order valence-electron chi connectivity index (χ4n) is 2.14. The lowest BCUT2D eigenvalue weighted by molar-refractivity contribution is 0.172. The predicted octanol–water partition coefficient (Wildman–Crippen LogP) is 2.41. The molecule has 1 aromatic rings. The molecule has 0 radical (unpaired) electrons. The maximum absolute atomic E-state index is 9.70. The van der Waals surface area contributed by atoms with Crippen molar-refractivity contribution in [3.63, 3.8) is 0 Å². The minimum absolute atomic E-state index is 0.202. The molecule has 0 bridgehead atoms. The van der Waals surface area contributed by atoms with Crippen LogP contribution in [-0.4, -0.2) is 23.9 Å². The highest BCUT2D eigenvalue weighted by Gasteiger charge is 2.24. The van der Waals surface area contributed by atoms with Crippen molar-refractivity contribution in [2.45, 2.75) is 38.3 Å². The number of nitrogens with one attached hydrogen (secondary N) is 1. The van der Waals surface area contributed by atoms with E-state index in [2.05, 4.69) is 5.32 Å². The Morgan fingerprint density at radius 1 is 1.31 bits per heavy atom. The maximum atomic E-state index is 9.70. The fraction of sp³-hybridized carbons (Fsp3) is 0.538. The van der Waals surface area contributed by atoms with Gasteiger partial charge < -0.3 is 15.2 Å². The summed E-state index contributed by atoms with van der Waals surface area (Å²) >= 11 is 0. The molecule has 1 saturated carbocycles. The van der Waals surface area contributed by atoms with Gasteiger partial charge >= 0.3 is 0 Å². The Morgan fingerprint density at radius 3 is 2.62 bits per heavy atom. The molecular formula is C13H19NO2. The van der Waals surface area contributed by atoms with Crippen LogP contribution in [0.3, 0.4) is 0 Å². The molecule has 0 amide bonds. The van der Waals surface area contributed by atoms with Crippen molar-refractivity contribution in [1.82, 2.24) is 0 Å². The zero-order valence-electron chi connectivity index (χ0n) is 9.65. The third-order valence-electron chi connectivity index (χ3n) is 3.00. The number of aliphatic hydroxyl groups excluding tert-OH is 1. The molecular weight excluding hydrogens is 202 g/mol. The van der Waals surface area contributed by atoms with Crippen molar-refractivity contribution in [2.75, 3.05) is 11.9 Å². The van der Waals surface area contributed by atoms with E-state index in [4.69, 9.17) is 4.74 Å². The molecule has 0 heterocycles. The summed E-state index contributed by atoms with van der Waals surface area (Å²) in [7, 11) is 0. The van der Waals surface area contributed by atoms with Crippen LogP contribution < -0.4 is 10.1 Å². The van der Waals surface area contributed by atoms with E-state index >= 15 is 0 Å². The van der Waals surface area contributed by atoms with Crippen molar-refractivity contribution in [3.8, 4) is 5.75 Å². The normalized spacial score (nSPS) is 24.4. The van der Waals surface area contributed by atoms with Gasteiger partial charge in [-0.2, -0.15) is 0 Å². The average Bonchev–Trinajstić information content (AvgIpc) is 2.68. The molecule has 0 aromatic heterocycles. The van der Waals surface area contributed by atoms with Gasteiger partial charge in [0, 0.05) is 5.69 Å². The highest BCUT2D eigenvalue weighted by molar-refractivity contribution is 5.47. The summed E-state index contributed by atoms with van der Waals surface area (Å²) in [6.07, 6.45) is 2.87. The monoisotopic (exact) mass is 221 g/mol. The van der Waals surface area contributed by atoms with E-state index < -0.39 is 0 Å². The first-order valence-electron chi connectivity index (χ1n) is 5.97. The van der Waals surface area contributed by atoms with Gasteiger partial charge in [-0.15, -0.1) is 0 Å². The standard InChI is InChI=1S/C13H19NO2/c1-2-16-11-8-6-10(7-9-11)14-12-4-3-5-13(12)15/h6-9,12-15H,2-5H2,1H3/t12-,13-/m0/s1. The summed E-state index contributed by atoms with van der Waals surface area (Å²) in [6, 6.07) is 8.10. The highest BCUT2D eigenvalue weighted by atomic mass is 16.5. The molecule has 0 saturated heterocycles. The van der Waals surface area contributed by atoms with Gasteiger partial charge in [-0.3, -0.25) is 0 Å². The van der Waals surface area contributed by atoms with E-state index in [9.17, 15) is 5.11 Å². The molecule has 0 aliphatic heterocycles. The highest BCUT2D eigenvalue weighted by Crippen LogP contribution is 2.24. The van der Waals surface area contributed by atoms with E-state index in [-0.39, 0.29) is 12.1 Å². The first-order valence-corrected chi connectivity index (χ1v) is 5.97. The third kappa shape index (κ3) is 2.67. The first kappa shape index (κ1) is 11.3. The smallest absolute Gasteiger partial charge is 0.119 e. The molecule has 2 rings (SSSR count).